The smallest absolute Gasteiger partial charge is 0.404 e. The number of esters is 2. The first kappa shape index (κ1) is 35.4. The lowest BCUT2D eigenvalue weighted by molar-refractivity contribution is -0.171. The molecule has 1 unspecified atom stereocenters. The van der Waals surface area contributed by atoms with Gasteiger partial charge in [-0.05, 0) is 56.1 Å². The van der Waals surface area contributed by atoms with Crippen LogP contribution in [0.25, 0.3) is 0 Å². The number of amides is 1. The molecule has 2 fully saturated rings. The van der Waals surface area contributed by atoms with Crippen molar-refractivity contribution >= 4 is 26.3 Å². The molecule has 260 valence electrons. The minimum atomic E-state index is -2.21. The predicted octanol–water partition coefficient (Wildman–Crippen LogP) is 5.53. The summed E-state index contributed by atoms with van der Waals surface area (Å²) >= 11 is 0. The van der Waals surface area contributed by atoms with Crippen LogP contribution in [-0.2, 0) is 32.9 Å². The van der Waals surface area contributed by atoms with Gasteiger partial charge in [0.2, 0.25) is 0 Å². The highest BCUT2D eigenvalue weighted by Gasteiger charge is 2.70. The fourth-order valence-corrected chi connectivity index (χ4v) is 9.54. The summed E-state index contributed by atoms with van der Waals surface area (Å²) in [5.41, 5.74) is 5.88. The number of aromatic nitrogens is 1. The molecule has 1 saturated heterocycles. The molecule has 3 heterocycles. The maximum Gasteiger partial charge on any atom is 0.404 e. The van der Waals surface area contributed by atoms with Gasteiger partial charge < -0.3 is 38.8 Å². The Kier molecular flexibility index (Phi) is 9.66. The number of carbonyl (C=O) groups is 3. The van der Waals surface area contributed by atoms with Crippen molar-refractivity contribution in [2.75, 3.05) is 7.11 Å². The Hall–Kier alpha value is -2.93. The molecule has 2 aliphatic heterocycles. The normalized spacial score (nSPS) is 38.8. The van der Waals surface area contributed by atoms with Crippen molar-refractivity contribution in [1.29, 1.82) is 0 Å². The van der Waals surface area contributed by atoms with Gasteiger partial charge in [-0.15, -0.1) is 0 Å². The van der Waals surface area contributed by atoms with E-state index in [2.05, 4.69) is 51.0 Å². The molecule has 12 heteroatoms. The maximum atomic E-state index is 13.8. The van der Waals surface area contributed by atoms with Gasteiger partial charge in [0, 0.05) is 42.9 Å². The van der Waals surface area contributed by atoms with Crippen molar-refractivity contribution in [3.05, 3.63) is 47.8 Å². The number of rotatable bonds is 7. The number of carbonyl (C=O) groups excluding carboxylic acids is 3. The van der Waals surface area contributed by atoms with Crippen LogP contribution in [0, 0.1) is 29.6 Å². The molecule has 12 atom stereocenters. The number of cyclic esters (lactones) is 1. The van der Waals surface area contributed by atoms with Crippen LogP contribution in [0.1, 0.15) is 65.4 Å². The topological polar surface area (TPSA) is 148 Å². The minimum absolute atomic E-state index is 0.0386. The Morgan fingerprint density at radius 1 is 1.15 bits per heavy atom. The Morgan fingerprint density at radius 2 is 1.85 bits per heavy atom. The van der Waals surface area contributed by atoms with Crippen LogP contribution in [0.3, 0.4) is 0 Å². The fraction of sp³-hybridized carbons (Fsp3) is 0.686. The van der Waals surface area contributed by atoms with Crippen LogP contribution >= 0.6 is 0 Å². The molecule has 3 N–H and O–H groups in total. The molecule has 1 aromatic heterocycles. The first-order chi connectivity index (χ1) is 21.9. The minimum Gasteiger partial charge on any atom is -0.457 e. The molecule has 47 heavy (non-hydrogen) atoms. The molecule has 2 aliphatic carbocycles. The van der Waals surface area contributed by atoms with E-state index in [1.54, 1.807) is 18.3 Å². The summed E-state index contributed by atoms with van der Waals surface area (Å²) < 4.78 is 38.0. The largest absolute Gasteiger partial charge is 0.457 e. The third-order valence-corrected chi connectivity index (χ3v) is 16.0. The number of ether oxygens (including phenoxy) is 5. The number of aromatic amines is 1. The molecule has 1 saturated carbocycles. The number of primary amides is 1. The van der Waals surface area contributed by atoms with Crippen molar-refractivity contribution in [1.82, 2.24) is 4.98 Å². The van der Waals surface area contributed by atoms with E-state index in [1.165, 1.54) is 7.11 Å². The van der Waals surface area contributed by atoms with Gasteiger partial charge in [0.25, 0.3) is 0 Å². The molecule has 4 bridgehead atoms. The third kappa shape index (κ3) is 6.22. The van der Waals surface area contributed by atoms with Gasteiger partial charge in [-0.3, -0.25) is 0 Å². The van der Waals surface area contributed by atoms with Crippen molar-refractivity contribution in [2.45, 2.75) is 115 Å². The predicted molar refractivity (Wildman–Crippen MR) is 177 cm³/mol. The summed E-state index contributed by atoms with van der Waals surface area (Å²) in [5, 5.41) is -0.0386. The summed E-state index contributed by atoms with van der Waals surface area (Å²) in [6.07, 6.45) is 3.31. The summed E-state index contributed by atoms with van der Waals surface area (Å²) in [4.78, 5) is 42.3. The SMILES string of the molecule is CO[C@H]1CC2C=C[C@H]3[C@H]4O[C@]2(/C(C)=C/[C@@H](C)[C@@H]([C@@H](C)O[Si](C)(C)C(C)(C)C)OC1=O)[C@@H]3[C@H](OC(N)=O)[C@@H](C)[C@H]4OC(=O)c1ccc[nH]1. The second kappa shape index (κ2) is 12.8. The standard InChI is InChI=1S/C35H52N2O9Si/c1-18-16-19(2)35-22(17-25(41-8)32(39)42-27(18)21(4)46-47(9,10)34(5,6)7)13-14-23-26(35)28(44-33(36)40)20(3)29(30(23)45-35)43-31(38)24-12-11-15-37-24/h11-16,18,20-23,25-30,37H,17H2,1-10H3,(H2,36,40)/b19-16+/t18-,20-,21-,22?,23-,25+,26+,27+,28-,29-,30-,35+/m1/s1. The Bertz CT molecular complexity index is 1400. The van der Waals surface area contributed by atoms with Crippen LogP contribution in [0.2, 0.25) is 18.1 Å². The average Bonchev–Trinajstić information content (AvgIpc) is 3.57. The molecular weight excluding hydrogens is 620 g/mol. The van der Waals surface area contributed by atoms with Crippen molar-refractivity contribution in [3.8, 4) is 0 Å². The molecule has 1 spiro atoms. The van der Waals surface area contributed by atoms with E-state index in [0.29, 0.717) is 5.69 Å². The van der Waals surface area contributed by atoms with E-state index in [4.69, 9.17) is 33.8 Å². The van der Waals surface area contributed by atoms with E-state index in [-0.39, 0.29) is 35.1 Å². The van der Waals surface area contributed by atoms with Gasteiger partial charge in [-0.2, -0.15) is 0 Å². The Morgan fingerprint density at radius 3 is 2.45 bits per heavy atom. The molecule has 0 aromatic carbocycles. The first-order valence-electron chi connectivity index (χ1n) is 16.7. The molecule has 1 aromatic rings. The van der Waals surface area contributed by atoms with E-state index >= 15 is 0 Å². The van der Waals surface area contributed by atoms with Gasteiger partial charge >= 0.3 is 18.0 Å². The second-order valence-electron chi connectivity index (χ2n) is 15.3. The summed E-state index contributed by atoms with van der Waals surface area (Å²) in [6, 6.07) is 3.36. The van der Waals surface area contributed by atoms with Gasteiger partial charge in [0.05, 0.1) is 6.10 Å². The molecule has 5 rings (SSSR count). The van der Waals surface area contributed by atoms with E-state index in [0.717, 1.165) is 5.57 Å². The lowest BCUT2D eigenvalue weighted by atomic mass is 9.57. The van der Waals surface area contributed by atoms with Crippen molar-refractivity contribution in [2.24, 2.45) is 35.3 Å². The monoisotopic (exact) mass is 672 g/mol. The third-order valence-electron chi connectivity index (χ3n) is 11.4. The van der Waals surface area contributed by atoms with Gasteiger partial charge in [-0.25, -0.2) is 14.4 Å². The van der Waals surface area contributed by atoms with Gasteiger partial charge in [0.15, 0.2) is 14.4 Å². The molecular formula is C35H52N2O9Si. The highest BCUT2D eigenvalue weighted by atomic mass is 28.4. The number of hydrogen-bond donors (Lipinski definition) is 2. The second-order valence-corrected chi connectivity index (χ2v) is 20.1. The van der Waals surface area contributed by atoms with Crippen LogP contribution in [0.15, 0.2) is 42.1 Å². The summed E-state index contributed by atoms with van der Waals surface area (Å²) in [6.45, 7) is 18.8. The molecule has 0 radical (unpaired) electrons. The highest BCUT2D eigenvalue weighted by Crippen LogP contribution is 2.62. The fourth-order valence-electron chi connectivity index (χ4n) is 8.13. The van der Waals surface area contributed by atoms with Gasteiger partial charge in [-0.1, -0.05) is 52.8 Å². The number of methoxy groups -OCH3 is 1. The van der Waals surface area contributed by atoms with Crippen LogP contribution in [0.4, 0.5) is 4.79 Å². The van der Waals surface area contributed by atoms with Gasteiger partial charge in [0.1, 0.15) is 35.7 Å². The average molecular weight is 673 g/mol. The van der Waals surface area contributed by atoms with Crippen molar-refractivity contribution < 1.29 is 42.5 Å². The Labute approximate surface area is 279 Å². The lowest BCUT2D eigenvalue weighted by Gasteiger charge is -2.49. The lowest BCUT2D eigenvalue weighted by Crippen LogP contribution is -2.58. The quantitative estimate of drug-likeness (QED) is 0.165. The van der Waals surface area contributed by atoms with Crippen molar-refractivity contribution in [3.63, 3.8) is 0 Å². The summed E-state index contributed by atoms with van der Waals surface area (Å²) in [7, 11) is -0.712. The number of hydrogen-bond acceptors (Lipinski definition) is 9. The molecule has 11 nitrogen and oxygen atoms in total. The van der Waals surface area contributed by atoms with E-state index in [1.807, 2.05) is 33.8 Å². The molecule has 1 amide bonds. The van der Waals surface area contributed by atoms with Crippen LogP contribution < -0.4 is 5.73 Å². The zero-order valence-corrected chi connectivity index (χ0v) is 30.3. The first-order valence-corrected chi connectivity index (χ1v) is 19.6. The maximum absolute atomic E-state index is 13.8. The van der Waals surface area contributed by atoms with E-state index < -0.39 is 74.5 Å². The highest BCUT2D eigenvalue weighted by molar-refractivity contribution is 6.74. The Balaban J connectivity index is 1.59. The molecule has 4 aliphatic rings. The van der Waals surface area contributed by atoms with E-state index in [9.17, 15) is 14.4 Å². The van der Waals surface area contributed by atoms with Crippen LogP contribution in [-0.4, -0.2) is 80.7 Å². The summed E-state index contributed by atoms with van der Waals surface area (Å²) in [5.74, 6) is -2.66. The number of nitrogens with one attached hydrogen (secondary N) is 1. The zero-order chi connectivity index (χ0) is 34.6. The number of H-pyrrole nitrogens is 1. The number of nitrogens with two attached hydrogens (primary N) is 1. The van der Waals surface area contributed by atoms with Crippen LogP contribution in [0.5, 0.6) is 0 Å². The zero-order valence-electron chi connectivity index (χ0n) is 29.3.